The zero-order chi connectivity index (χ0) is 20.1. The topological polar surface area (TPSA) is 41.4 Å². The fourth-order valence-electron chi connectivity index (χ4n) is 3.90. The van der Waals surface area contributed by atoms with Crippen molar-refractivity contribution in [3.05, 3.63) is 91.5 Å². The van der Waals surface area contributed by atoms with Gasteiger partial charge in [0.05, 0.1) is 5.69 Å². The van der Waals surface area contributed by atoms with Crippen LogP contribution in [0.2, 0.25) is 0 Å². The first-order valence-corrected chi connectivity index (χ1v) is 10.1. The second-order valence-corrected chi connectivity index (χ2v) is 7.40. The van der Waals surface area contributed by atoms with Crippen LogP contribution in [0.3, 0.4) is 0 Å². The molecule has 1 fully saturated rings. The average molecular weight is 386 g/mol. The molecule has 1 amide bonds. The zero-order valence-electron chi connectivity index (χ0n) is 16.5. The van der Waals surface area contributed by atoms with Gasteiger partial charge in [0.2, 0.25) is 0 Å². The van der Waals surface area contributed by atoms with E-state index in [9.17, 15) is 4.79 Å². The summed E-state index contributed by atoms with van der Waals surface area (Å²) in [6, 6.07) is 20.5. The molecule has 1 aliphatic rings. The van der Waals surface area contributed by atoms with E-state index in [0.717, 1.165) is 43.7 Å². The maximum atomic E-state index is 13.1. The highest BCUT2D eigenvalue weighted by Crippen LogP contribution is 2.21. The number of hydrogen-bond acceptors (Lipinski definition) is 3. The van der Waals surface area contributed by atoms with Crippen LogP contribution in [0.4, 0.5) is 4.79 Å². The smallest absolute Gasteiger partial charge is 0.299 e. The Bertz CT molecular complexity index is 943. The third-order valence-electron chi connectivity index (χ3n) is 5.49. The van der Waals surface area contributed by atoms with Crippen molar-refractivity contribution in [1.82, 2.24) is 19.4 Å². The Hall–Kier alpha value is -3.18. The molecule has 2 aromatic carbocycles. The molecule has 4 rings (SSSR count). The van der Waals surface area contributed by atoms with Gasteiger partial charge in [-0.1, -0.05) is 67.2 Å². The molecular formula is C24H26N4O. The predicted molar refractivity (Wildman–Crippen MR) is 115 cm³/mol. The van der Waals surface area contributed by atoms with Gasteiger partial charge in [-0.05, 0) is 18.4 Å². The van der Waals surface area contributed by atoms with E-state index < -0.39 is 0 Å². The number of benzene rings is 2. The highest BCUT2D eigenvalue weighted by Gasteiger charge is 2.27. The lowest BCUT2D eigenvalue weighted by molar-refractivity contribution is 0.141. The minimum atomic E-state index is -0.101. The molecule has 0 bridgehead atoms. The number of imidazole rings is 1. The van der Waals surface area contributed by atoms with Gasteiger partial charge >= 0.3 is 6.03 Å². The summed E-state index contributed by atoms with van der Waals surface area (Å²) in [4.78, 5) is 21.7. The number of carbonyl (C=O) groups is 1. The number of aromatic nitrogens is 2. The quantitative estimate of drug-likeness (QED) is 0.642. The fourth-order valence-corrected chi connectivity index (χ4v) is 3.90. The summed E-state index contributed by atoms with van der Waals surface area (Å²) in [5.74, 6) is 0. The molecule has 1 aliphatic heterocycles. The van der Waals surface area contributed by atoms with Crippen molar-refractivity contribution in [2.45, 2.75) is 25.4 Å². The lowest BCUT2D eigenvalue weighted by atomic mass is 10.0. The van der Waals surface area contributed by atoms with Crippen molar-refractivity contribution in [1.29, 1.82) is 0 Å². The van der Waals surface area contributed by atoms with Gasteiger partial charge in [-0.15, -0.1) is 0 Å². The van der Waals surface area contributed by atoms with Crippen LogP contribution in [0.1, 0.15) is 18.4 Å². The average Bonchev–Trinajstić information content (AvgIpc) is 3.27. The maximum absolute atomic E-state index is 13.1. The summed E-state index contributed by atoms with van der Waals surface area (Å²) in [5, 5.41) is 0. The fraction of sp³-hybridized carbons (Fsp3) is 0.250. The van der Waals surface area contributed by atoms with Crippen molar-refractivity contribution in [3.8, 4) is 11.3 Å². The second kappa shape index (κ2) is 8.88. The van der Waals surface area contributed by atoms with Crippen LogP contribution < -0.4 is 0 Å². The first kappa shape index (κ1) is 19.2. The van der Waals surface area contributed by atoms with Gasteiger partial charge in [-0.2, -0.15) is 0 Å². The van der Waals surface area contributed by atoms with Crippen LogP contribution in [0.25, 0.3) is 11.3 Å². The molecule has 0 unspecified atom stereocenters. The summed E-state index contributed by atoms with van der Waals surface area (Å²) in [7, 11) is 0. The van der Waals surface area contributed by atoms with E-state index in [0.29, 0.717) is 0 Å². The molecule has 2 heterocycles. The van der Waals surface area contributed by atoms with Crippen molar-refractivity contribution in [2.75, 3.05) is 13.1 Å². The molecule has 0 atom stereocenters. The molecule has 148 valence electrons. The summed E-state index contributed by atoms with van der Waals surface area (Å²) in [5.41, 5.74) is 3.12. The molecule has 29 heavy (non-hydrogen) atoms. The van der Waals surface area contributed by atoms with Crippen LogP contribution in [0.15, 0.2) is 86.0 Å². The first-order chi connectivity index (χ1) is 14.2. The third-order valence-corrected chi connectivity index (χ3v) is 5.49. The third kappa shape index (κ3) is 4.46. The van der Waals surface area contributed by atoms with E-state index in [4.69, 9.17) is 0 Å². The zero-order valence-corrected chi connectivity index (χ0v) is 16.5. The summed E-state index contributed by atoms with van der Waals surface area (Å²) >= 11 is 0. The van der Waals surface area contributed by atoms with Crippen LogP contribution in [0, 0.1) is 0 Å². The highest BCUT2D eigenvalue weighted by atomic mass is 16.2. The molecule has 5 nitrogen and oxygen atoms in total. The van der Waals surface area contributed by atoms with Crippen LogP contribution in [-0.4, -0.2) is 44.5 Å². The Morgan fingerprint density at radius 2 is 1.72 bits per heavy atom. The van der Waals surface area contributed by atoms with E-state index in [1.54, 1.807) is 28.2 Å². The Morgan fingerprint density at radius 3 is 2.38 bits per heavy atom. The van der Waals surface area contributed by atoms with E-state index in [1.165, 1.54) is 5.56 Å². The van der Waals surface area contributed by atoms with Crippen molar-refractivity contribution < 1.29 is 4.79 Å². The molecule has 0 N–H and O–H groups in total. The lowest BCUT2D eigenvalue weighted by Gasteiger charge is -2.36. The van der Waals surface area contributed by atoms with Crippen LogP contribution >= 0.6 is 0 Å². The van der Waals surface area contributed by atoms with Crippen molar-refractivity contribution in [2.24, 2.45) is 0 Å². The normalized spacial score (nSPS) is 15.2. The van der Waals surface area contributed by atoms with Gasteiger partial charge in [-0.25, -0.2) is 9.78 Å². The standard InChI is InChI=1S/C24H26N4O/c1-2-28(22-13-15-26(16-14-22)17-20-9-5-3-6-10-20)24(29)27-18-23(25-19-27)21-11-7-4-8-12-21/h2-12,18-19,22H,1,13-17H2. The van der Waals surface area contributed by atoms with Crippen molar-refractivity contribution >= 4 is 6.03 Å². The Balaban J connectivity index is 1.38. The van der Waals surface area contributed by atoms with Crippen molar-refractivity contribution in [3.63, 3.8) is 0 Å². The highest BCUT2D eigenvalue weighted by molar-refractivity contribution is 5.79. The number of nitrogens with zero attached hydrogens (tertiary/aromatic N) is 4. The van der Waals surface area contributed by atoms with Gasteiger partial charge in [-0.3, -0.25) is 14.4 Å². The van der Waals surface area contributed by atoms with E-state index >= 15 is 0 Å². The molecule has 3 aromatic rings. The van der Waals surface area contributed by atoms with Gasteiger partial charge in [0.25, 0.3) is 0 Å². The Morgan fingerprint density at radius 1 is 1.07 bits per heavy atom. The number of piperidine rings is 1. The van der Waals surface area contributed by atoms with Crippen LogP contribution in [-0.2, 0) is 6.54 Å². The number of rotatable bonds is 5. The Labute approximate surface area is 171 Å². The molecule has 1 saturated heterocycles. The molecule has 5 heteroatoms. The van der Waals surface area contributed by atoms with E-state index in [-0.39, 0.29) is 12.1 Å². The number of carbonyl (C=O) groups excluding carboxylic acids is 1. The van der Waals surface area contributed by atoms with Crippen LogP contribution in [0.5, 0.6) is 0 Å². The molecule has 0 aliphatic carbocycles. The number of amides is 1. The SMILES string of the molecule is C=CN(C(=O)n1cnc(-c2ccccc2)c1)C1CCN(Cc2ccccc2)CC1. The summed E-state index contributed by atoms with van der Waals surface area (Å²) < 4.78 is 1.56. The van der Waals surface area contributed by atoms with E-state index in [2.05, 4.69) is 40.7 Å². The Kier molecular flexibility index (Phi) is 5.86. The largest absolute Gasteiger partial charge is 0.333 e. The predicted octanol–water partition coefficient (Wildman–Crippen LogP) is 4.63. The van der Waals surface area contributed by atoms with Gasteiger partial charge in [0.15, 0.2) is 0 Å². The molecule has 0 radical (unpaired) electrons. The number of likely N-dealkylation sites (tertiary alicyclic amines) is 1. The van der Waals surface area contributed by atoms with E-state index in [1.807, 2.05) is 36.4 Å². The molecule has 1 aromatic heterocycles. The van der Waals surface area contributed by atoms with Gasteiger partial charge in [0, 0.05) is 43.6 Å². The minimum absolute atomic E-state index is 0.101. The number of hydrogen-bond donors (Lipinski definition) is 0. The molecule has 0 spiro atoms. The van der Waals surface area contributed by atoms with Gasteiger partial charge in [0.1, 0.15) is 6.33 Å². The van der Waals surface area contributed by atoms with Gasteiger partial charge < -0.3 is 0 Å². The first-order valence-electron chi connectivity index (χ1n) is 10.1. The lowest BCUT2D eigenvalue weighted by Crippen LogP contribution is -2.45. The summed E-state index contributed by atoms with van der Waals surface area (Å²) in [6.45, 7) is 6.79. The molecular weight excluding hydrogens is 360 g/mol. The minimum Gasteiger partial charge on any atom is -0.299 e. The summed E-state index contributed by atoms with van der Waals surface area (Å²) in [6.07, 6.45) is 6.90. The molecule has 0 saturated carbocycles. The maximum Gasteiger partial charge on any atom is 0.333 e. The second-order valence-electron chi connectivity index (χ2n) is 7.40. The monoisotopic (exact) mass is 386 g/mol.